The van der Waals surface area contributed by atoms with Crippen LogP contribution in [0.3, 0.4) is 0 Å². The van der Waals surface area contributed by atoms with Gasteiger partial charge in [0, 0.05) is 36.8 Å². The van der Waals surface area contributed by atoms with Crippen molar-refractivity contribution < 1.29 is 0 Å². The zero-order valence-corrected chi connectivity index (χ0v) is 17.6. The third-order valence-electron chi connectivity index (χ3n) is 5.22. The molecule has 28 heavy (non-hydrogen) atoms. The van der Waals surface area contributed by atoms with Gasteiger partial charge in [-0.25, -0.2) is 9.97 Å². The summed E-state index contributed by atoms with van der Waals surface area (Å²) in [5.74, 6) is 0.410. The standard InChI is InChI=1S/C23H31N5/c1-6-23(3,4)12-11-17-7-9-18(10-8-17)21-16(2)14-27-22(28-21)20(25)19(13-24)15-26-5/h7-10,13-15,24H,6,11-12,25H2,1-5H3. The molecule has 5 nitrogen and oxygen atoms in total. The van der Waals surface area contributed by atoms with Crippen LogP contribution >= 0.6 is 0 Å². The zero-order valence-electron chi connectivity index (χ0n) is 17.6. The average Bonchev–Trinajstić information content (AvgIpc) is 2.71. The molecule has 1 aromatic carbocycles. The lowest BCUT2D eigenvalue weighted by atomic mass is 9.84. The molecule has 0 saturated carbocycles. The van der Waals surface area contributed by atoms with Gasteiger partial charge in [-0.15, -0.1) is 0 Å². The maximum absolute atomic E-state index is 7.51. The smallest absolute Gasteiger partial charge is 0.176 e. The van der Waals surface area contributed by atoms with Gasteiger partial charge in [0.2, 0.25) is 0 Å². The summed E-state index contributed by atoms with van der Waals surface area (Å²) in [6, 6.07) is 8.57. The highest BCUT2D eigenvalue weighted by molar-refractivity contribution is 6.09. The molecule has 2 aromatic rings. The van der Waals surface area contributed by atoms with Crippen molar-refractivity contribution in [2.45, 2.75) is 47.0 Å². The number of allylic oxidation sites excluding steroid dienone is 1. The van der Waals surface area contributed by atoms with Gasteiger partial charge in [0.1, 0.15) is 0 Å². The first kappa shape index (κ1) is 21.5. The summed E-state index contributed by atoms with van der Waals surface area (Å²) in [6.45, 7) is 8.87. The molecule has 0 fully saturated rings. The Balaban J connectivity index is 2.32. The SMILES string of the molecule is CCC(C)(C)CCc1ccc(-c2nc(C(N)=C(C=N)C=NC)ncc2C)cc1. The fraction of sp³-hybridized carbons (Fsp3) is 0.391. The van der Waals surface area contributed by atoms with Gasteiger partial charge in [0.25, 0.3) is 0 Å². The lowest BCUT2D eigenvalue weighted by molar-refractivity contribution is 0.322. The van der Waals surface area contributed by atoms with E-state index in [2.05, 4.69) is 60.0 Å². The van der Waals surface area contributed by atoms with E-state index in [1.807, 2.05) is 6.92 Å². The van der Waals surface area contributed by atoms with Crippen LogP contribution in [0.15, 0.2) is 41.0 Å². The van der Waals surface area contributed by atoms with E-state index in [1.54, 1.807) is 13.2 Å². The molecule has 0 unspecified atom stereocenters. The van der Waals surface area contributed by atoms with E-state index in [1.165, 1.54) is 24.6 Å². The van der Waals surface area contributed by atoms with E-state index in [9.17, 15) is 0 Å². The highest BCUT2D eigenvalue weighted by Gasteiger charge is 2.15. The van der Waals surface area contributed by atoms with Gasteiger partial charge < -0.3 is 11.1 Å². The Morgan fingerprint density at radius 1 is 1.25 bits per heavy atom. The summed E-state index contributed by atoms with van der Waals surface area (Å²) in [7, 11) is 1.64. The molecule has 0 radical (unpaired) electrons. The van der Waals surface area contributed by atoms with Crippen molar-refractivity contribution in [3.63, 3.8) is 0 Å². The number of hydrogen-bond acceptors (Lipinski definition) is 5. The van der Waals surface area contributed by atoms with Crippen molar-refractivity contribution in [3.8, 4) is 11.3 Å². The van der Waals surface area contributed by atoms with Crippen LogP contribution in [0.5, 0.6) is 0 Å². The van der Waals surface area contributed by atoms with Gasteiger partial charge >= 0.3 is 0 Å². The van der Waals surface area contributed by atoms with E-state index in [4.69, 9.17) is 11.1 Å². The molecular weight excluding hydrogens is 346 g/mol. The predicted octanol–water partition coefficient (Wildman–Crippen LogP) is 4.84. The lowest BCUT2D eigenvalue weighted by Gasteiger charge is -2.22. The Bertz CT molecular complexity index is 876. The fourth-order valence-electron chi connectivity index (χ4n) is 2.81. The Morgan fingerprint density at radius 3 is 2.50 bits per heavy atom. The number of nitrogens with one attached hydrogen (secondary N) is 1. The average molecular weight is 378 g/mol. The van der Waals surface area contributed by atoms with Crippen LogP contribution in [0.2, 0.25) is 0 Å². The summed E-state index contributed by atoms with van der Waals surface area (Å²) in [6.07, 6.45) is 7.90. The molecule has 0 amide bonds. The second-order valence-electron chi connectivity index (χ2n) is 7.84. The van der Waals surface area contributed by atoms with Crippen molar-refractivity contribution in [1.29, 1.82) is 5.41 Å². The number of hydrogen-bond donors (Lipinski definition) is 2. The molecule has 0 bridgehead atoms. The van der Waals surface area contributed by atoms with E-state index in [-0.39, 0.29) is 0 Å². The zero-order chi connectivity index (χ0) is 20.7. The number of aromatic nitrogens is 2. The highest BCUT2D eigenvalue weighted by atomic mass is 14.9. The quantitative estimate of drug-likeness (QED) is 0.645. The van der Waals surface area contributed by atoms with Crippen LogP contribution < -0.4 is 5.73 Å². The van der Waals surface area contributed by atoms with E-state index in [0.29, 0.717) is 22.5 Å². The van der Waals surface area contributed by atoms with Crippen molar-refractivity contribution in [3.05, 3.63) is 53.0 Å². The molecule has 0 saturated heterocycles. The molecule has 0 aliphatic heterocycles. The molecule has 3 N–H and O–H groups in total. The Kier molecular flexibility index (Phi) is 7.21. The highest BCUT2D eigenvalue weighted by Crippen LogP contribution is 2.27. The van der Waals surface area contributed by atoms with Gasteiger partial charge in [-0.3, -0.25) is 4.99 Å². The molecule has 1 aromatic heterocycles. The second kappa shape index (κ2) is 9.40. The first-order chi connectivity index (χ1) is 13.3. The van der Waals surface area contributed by atoms with E-state index in [0.717, 1.165) is 29.5 Å². The lowest BCUT2D eigenvalue weighted by Crippen LogP contribution is -2.10. The number of aryl methyl sites for hydroxylation is 2. The molecule has 5 heteroatoms. The minimum absolute atomic E-state index is 0.347. The fourth-order valence-corrected chi connectivity index (χ4v) is 2.81. The summed E-state index contributed by atoms with van der Waals surface area (Å²) in [5.41, 5.74) is 11.6. The maximum atomic E-state index is 7.51. The van der Waals surface area contributed by atoms with E-state index < -0.39 is 0 Å². The van der Waals surface area contributed by atoms with Crippen molar-refractivity contribution in [2.24, 2.45) is 16.1 Å². The summed E-state index contributed by atoms with van der Waals surface area (Å²) < 4.78 is 0. The topological polar surface area (TPSA) is 88.0 Å². The van der Waals surface area contributed by atoms with Crippen LogP contribution in [0, 0.1) is 17.7 Å². The maximum Gasteiger partial charge on any atom is 0.176 e. The van der Waals surface area contributed by atoms with Gasteiger partial charge in [0.15, 0.2) is 5.82 Å². The third kappa shape index (κ3) is 5.35. The van der Waals surface area contributed by atoms with E-state index >= 15 is 0 Å². The normalized spacial score (nSPS) is 12.9. The summed E-state index contributed by atoms with van der Waals surface area (Å²) in [4.78, 5) is 12.9. The number of benzene rings is 1. The third-order valence-corrected chi connectivity index (χ3v) is 5.22. The first-order valence-corrected chi connectivity index (χ1v) is 9.67. The molecule has 2 rings (SSSR count). The molecular formula is C23H31N5. The number of rotatable bonds is 8. The van der Waals surface area contributed by atoms with Gasteiger partial charge in [0.05, 0.1) is 11.4 Å². The number of nitrogens with two attached hydrogens (primary N) is 1. The van der Waals surface area contributed by atoms with Crippen molar-refractivity contribution >= 4 is 18.1 Å². The Morgan fingerprint density at radius 2 is 1.93 bits per heavy atom. The largest absolute Gasteiger partial charge is 0.395 e. The van der Waals surface area contributed by atoms with Gasteiger partial charge in [-0.05, 0) is 36.3 Å². The molecule has 148 valence electrons. The number of aliphatic imine (C=N–C) groups is 1. The van der Waals surface area contributed by atoms with Gasteiger partial charge in [-0.1, -0.05) is 51.5 Å². The van der Waals surface area contributed by atoms with Crippen LogP contribution in [0.4, 0.5) is 0 Å². The molecule has 0 atom stereocenters. The minimum atomic E-state index is 0.347. The van der Waals surface area contributed by atoms with Crippen LogP contribution in [0.1, 0.15) is 50.6 Å². The monoisotopic (exact) mass is 377 g/mol. The van der Waals surface area contributed by atoms with Gasteiger partial charge in [-0.2, -0.15) is 0 Å². The molecule has 0 aliphatic carbocycles. The van der Waals surface area contributed by atoms with Crippen molar-refractivity contribution in [2.75, 3.05) is 7.05 Å². The van der Waals surface area contributed by atoms with Crippen LogP contribution in [-0.4, -0.2) is 29.4 Å². The Hall–Kier alpha value is -2.82. The second-order valence-corrected chi connectivity index (χ2v) is 7.84. The minimum Gasteiger partial charge on any atom is -0.395 e. The molecule has 0 aliphatic rings. The van der Waals surface area contributed by atoms with Crippen LogP contribution in [-0.2, 0) is 6.42 Å². The van der Waals surface area contributed by atoms with Crippen LogP contribution in [0.25, 0.3) is 17.0 Å². The molecule has 0 spiro atoms. The van der Waals surface area contributed by atoms with Crippen molar-refractivity contribution in [1.82, 2.24) is 9.97 Å². The summed E-state index contributed by atoms with van der Waals surface area (Å²) in [5, 5.41) is 7.51. The Labute approximate surface area is 168 Å². The first-order valence-electron chi connectivity index (χ1n) is 9.67. The predicted molar refractivity (Wildman–Crippen MR) is 119 cm³/mol. The molecule has 1 heterocycles. The number of nitrogens with zero attached hydrogens (tertiary/aromatic N) is 3. The summed E-state index contributed by atoms with van der Waals surface area (Å²) >= 11 is 0.